The summed E-state index contributed by atoms with van der Waals surface area (Å²) < 4.78 is 0. The lowest BCUT2D eigenvalue weighted by atomic mass is 10.1. The van der Waals surface area contributed by atoms with E-state index in [2.05, 4.69) is 11.1 Å². The first kappa shape index (κ1) is 7.57. The van der Waals surface area contributed by atoms with Gasteiger partial charge in [-0.2, -0.15) is 5.26 Å². The van der Waals surface area contributed by atoms with Gasteiger partial charge < -0.3 is 0 Å². The Kier molecular flexibility index (Phi) is 1.55. The number of aromatic nitrogens is 1. The number of pyridine rings is 1. The molecule has 3 heteroatoms. The lowest BCUT2D eigenvalue weighted by molar-refractivity contribution is 0.929. The summed E-state index contributed by atoms with van der Waals surface area (Å²) in [6, 6.07) is 5.60. The van der Waals surface area contributed by atoms with Crippen LogP contribution in [0.15, 0.2) is 18.3 Å². The molecule has 0 aliphatic heterocycles. The highest BCUT2D eigenvalue weighted by atomic mass is 35.5. The molecule has 1 heterocycles. The SMILES string of the molecule is N#Cc1cccnc1C1(Cl)CC1. The first-order valence-corrected chi connectivity index (χ1v) is 4.18. The van der Waals surface area contributed by atoms with Crippen molar-refractivity contribution in [2.24, 2.45) is 0 Å². The molecule has 0 radical (unpaired) electrons. The van der Waals surface area contributed by atoms with Gasteiger partial charge in [-0.25, -0.2) is 0 Å². The molecule has 0 amide bonds. The highest BCUT2D eigenvalue weighted by Gasteiger charge is 2.45. The molecule has 2 nitrogen and oxygen atoms in total. The molecule has 60 valence electrons. The van der Waals surface area contributed by atoms with Gasteiger partial charge >= 0.3 is 0 Å². The molecule has 12 heavy (non-hydrogen) atoms. The van der Waals surface area contributed by atoms with Crippen molar-refractivity contribution < 1.29 is 0 Å². The maximum atomic E-state index is 8.76. The molecule has 1 saturated carbocycles. The second kappa shape index (κ2) is 2.46. The summed E-state index contributed by atoms with van der Waals surface area (Å²) in [5.74, 6) is 0. The van der Waals surface area contributed by atoms with E-state index >= 15 is 0 Å². The molecule has 0 bridgehead atoms. The molecule has 1 fully saturated rings. The normalized spacial score (nSPS) is 18.3. The van der Waals surface area contributed by atoms with Crippen LogP contribution in [-0.4, -0.2) is 4.98 Å². The molecule has 0 N–H and O–H groups in total. The Morgan fingerprint density at radius 3 is 2.92 bits per heavy atom. The van der Waals surface area contributed by atoms with Crippen LogP contribution in [0.2, 0.25) is 0 Å². The number of alkyl halides is 1. The minimum atomic E-state index is -0.327. The first-order chi connectivity index (χ1) is 5.76. The van der Waals surface area contributed by atoms with Crippen molar-refractivity contribution in [3.8, 4) is 6.07 Å². The largest absolute Gasteiger partial charge is 0.258 e. The third kappa shape index (κ3) is 1.07. The van der Waals surface area contributed by atoms with Gasteiger partial charge in [-0.05, 0) is 25.0 Å². The third-order valence-electron chi connectivity index (χ3n) is 2.04. The molecule has 1 aromatic rings. The van der Waals surface area contributed by atoms with Gasteiger partial charge in [-0.1, -0.05) is 0 Å². The molecule has 0 unspecified atom stereocenters. The van der Waals surface area contributed by atoms with Crippen molar-refractivity contribution in [3.63, 3.8) is 0 Å². The molecule has 0 aromatic carbocycles. The topological polar surface area (TPSA) is 36.7 Å². The molecule has 1 aliphatic rings. The standard InChI is InChI=1S/C9H7ClN2/c10-9(3-4-9)8-7(6-11)2-1-5-12-8/h1-2,5H,3-4H2. The fourth-order valence-corrected chi connectivity index (χ4v) is 1.44. The van der Waals surface area contributed by atoms with Crippen molar-refractivity contribution in [1.82, 2.24) is 4.98 Å². The number of nitriles is 1. The van der Waals surface area contributed by atoms with E-state index in [1.807, 2.05) is 0 Å². The summed E-state index contributed by atoms with van der Waals surface area (Å²) in [6.07, 6.45) is 3.54. The zero-order valence-electron chi connectivity index (χ0n) is 6.42. The van der Waals surface area contributed by atoms with E-state index in [0.717, 1.165) is 18.5 Å². The van der Waals surface area contributed by atoms with Crippen molar-refractivity contribution >= 4 is 11.6 Å². The summed E-state index contributed by atoms with van der Waals surface area (Å²) in [5.41, 5.74) is 1.35. The van der Waals surface area contributed by atoms with Crippen molar-refractivity contribution in [2.45, 2.75) is 17.7 Å². The Morgan fingerprint density at radius 2 is 2.33 bits per heavy atom. The van der Waals surface area contributed by atoms with E-state index < -0.39 is 0 Å². The number of halogens is 1. The van der Waals surface area contributed by atoms with Gasteiger partial charge in [0.2, 0.25) is 0 Å². The van der Waals surface area contributed by atoms with Gasteiger partial charge in [0.25, 0.3) is 0 Å². The molecule has 0 atom stereocenters. The maximum absolute atomic E-state index is 8.76. The van der Waals surface area contributed by atoms with Crippen molar-refractivity contribution in [2.75, 3.05) is 0 Å². The maximum Gasteiger partial charge on any atom is 0.101 e. The van der Waals surface area contributed by atoms with E-state index in [9.17, 15) is 0 Å². The van der Waals surface area contributed by atoms with Gasteiger partial charge in [-0.15, -0.1) is 11.6 Å². The highest BCUT2D eigenvalue weighted by Crippen LogP contribution is 2.51. The minimum Gasteiger partial charge on any atom is -0.258 e. The second-order valence-corrected chi connectivity index (χ2v) is 3.70. The number of hydrogen-bond acceptors (Lipinski definition) is 2. The van der Waals surface area contributed by atoms with Crippen LogP contribution in [-0.2, 0) is 4.87 Å². The number of hydrogen-bond donors (Lipinski definition) is 0. The van der Waals surface area contributed by atoms with E-state index in [1.54, 1.807) is 18.3 Å². The molecular formula is C9H7ClN2. The average Bonchev–Trinajstić information content (AvgIpc) is 2.85. The predicted octanol–water partition coefficient (Wildman–Crippen LogP) is 2.18. The Bertz CT molecular complexity index is 350. The zero-order valence-corrected chi connectivity index (χ0v) is 7.17. The van der Waals surface area contributed by atoms with Crippen LogP contribution >= 0.6 is 11.6 Å². The summed E-state index contributed by atoms with van der Waals surface area (Å²) in [4.78, 5) is 3.80. The van der Waals surface area contributed by atoms with Gasteiger partial charge in [0, 0.05) is 6.20 Å². The number of nitrogens with zero attached hydrogens (tertiary/aromatic N) is 2. The van der Waals surface area contributed by atoms with Crippen LogP contribution in [0.1, 0.15) is 24.1 Å². The van der Waals surface area contributed by atoms with E-state index in [0.29, 0.717) is 5.56 Å². The van der Waals surface area contributed by atoms with E-state index in [-0.39, 0.29) is 4.87 Å². The monoisotopic (exact) mass is 178 g/mol. The minimum absolute atomic E-state index is 0.327. The molecule has 2 rings (SSSR count). The molecule has 0 spiro atoms. The molecule has 1 aromatic heterocycles. The van der Waals surface area contributed by atoms with Crippen molar-refractivity contribution in [1.29, 1.82) is 5.26 Å². The van der Waals surface area contributed by atoms with Crippen LogP contribution in [0, 0.1) is 11.3 Å². The Labute approximate surface area is 75.8 Å². The van der Waals surface area contributed by atoms with Gasteiger partial charge in [-0.3, -0.25) is 4.98 Å². The predicted molar refractivity (Wildman–Crippen MR) is 45.7 cm³/mol. The van der Waals surface area contributed by atoms with Crippen LogP contribution in [0.3, 0.4) is 0 Å². The number of rotatable bonds is 1. The van der Waals surface area contributed by atoms with Crippen LogP contribution in [0.5, 0.6) is 0 Å². The summed E-state index contributed by atoms with van der Waals surface area (Å²) in [6.45, 7) is 0. The fraction of sp³-hybridized carbons (Fsp3) is 0.333. The quantitative estimate of drug-likeness (QED) is 0.618. The molecular weight excluding hydrogens is 172 g/mol. The summed E-state index contributed by atoms with van der Waals surface area (Å²) in [5, 5.41) is 8.76. The van der Waals surface area contributed by atoms with Gasteiger partial charge in [0.05, 0.1) is 16.1 Å². The van der Waals surface area contributed by atoms with Gasteiger partial charge in [0.15, 0.2) is 0 Å². The Morgan fingerprint density at radius 1 is 1.58 bits per heavy atom. The highest BCUT2D eigenvalue weighted by molar-refractivity contribution is 6.25. The van der Waals surface area contributed by atoms with Crippen LogP contribution in [0.25, 0.3) is 0 Å². The smallest absolute Gasteiger partial charge is 0.101 e. The first-order valence-electron chi connectivity index (χ1n) is 3.81. The van der Waals surface area contributed by atoms with Crippen LogP contribution < -0.4 is 0 Å². The van der Waals surface area contributed by atoms with Crippen molar-refractivity contribution in [3.05, 3.63) is 29.6 Å². The van der Waals surface area contributed by atoms with Crippen LogP contribution in [0.4, 0.5) is 0 Å². The van der Waals surface area contributed by atoms with E-state index in [1.165, 1.54) is 0 Å². The third-order valence-corrected chi connectivity index (χ3v) is 2.60. The second-order valence-electron chi connectivity index (χ2n) is 2.98. The Balaban J connectivity index is 2.50. The summed E-state index contributed by atoms with van der Waals surface area (Å²) >= 11 is 6.14. The zero-order chi connectivity index (χ0) is 8.60. The molecule has 0 saturated heterocycles. The van der Waals surface area contributed by atoms with Gasteiger partial charge in [0.1, 0.15) is 6.07 Å². The molecule has 1 aliphatic carbocycles. The Hall–Kier alpha value is -1.07. The lowest BCUT2D eigenvalue weighted by Gasteiger charge is -2.05. The summed E-state index contributed by atoms with van der Waals surface area (Å²) in [7, 11) is 0. The lowest BCUT2D eigenvalue weighted by Crippen LogP contribution is -2.02. The fourth-order valence-electron chi connectivity index (χ4n) is 1.20. The van der Waals surface area contributed by atoms with E-state index in [4.69, 9.17) is 16.9 Å². The average molecular weight is 179 g/mol.